The Kier molecular flexibility index (Phi) is 3.49. The van der Waals surface area contributed by atoms with Gasteiger partial charge in [0.15, 0.2) is 5.82 Å². The summed E-state index contributed by atoms with van der Waals surface area (Å²) in [6, 6.07) is 1.84. The van der Waals surface area contributed by atoms with Crippen molar-refractivity contribution in [1.29, 1.82) is 0 Å². The highest BCUT2D eigenvalue weighted by Crippen LogP contribution is 2.39. The van der Waals surface area contributed by atoms with Crippen molar-refractivity contribution in [2.24, 2.45) is 5.92 Å². The Labute approximate surface area is 128 Å². The van der Waals surface area contributed by atoms with Crippen LogP contribution in [-0.4, -0.2) is 45.9 Å². The predicted octanol–water partition coefficient (Wildman–Crippen LogP) is 1.57. The maximum atomic E-state index is 5.97. The zero-order valence-electron chi connectivity index (χ0n) is 12.6. The number of nitrogens with zero attached hydrogens (tertiary/aromatic N) is 5. The Hall–Kier alpha value is -2.02. The van der Waals surface area contributed by atoms with Gasteiger partial charge in [-0.25, -0.2) is 9.97 Å². The monoisotopic (exact) mass is 301 g/mol. The summed E-state index contributed by atoms with van der Waals surface area (Å²) in [5.41, 5.74) is 0. The van der Waals surface area contributed by atoms with E-state index < -0.39 is 0 Å². The molecule has 2 aromatic rings. The molecule has 0 aliphatic carbocycles. The fourth-order valence-electron chi connectivity index (χ4n) is 3.52. The summed E-state index contributed by atoms with van der Waals surface area (Å²) in [4.78, 5) is 15.4. The van der Waals surface area contributed by atoms with Gasteiger partial charge in [0, 0.05) is 43.9 Å². The summed E-state index contributed by atoms with van der Waals surface area (Å²) in [5, 5.41) is 3.94. The lowest BCUT2D eigenvalue weighted by Gasteiger charge is -2.43. The van der Waals surface area contributed by atoms with E-state index in [4.69, 9.17) is 9.26 Å². The van der Waals surface area contributed by atoms with Gasteiger partial charge >= 0.3 is 0 Å². The van der Waals surface area contributed by atoms with Crippen molar-refractivity contribution in [3.05, 3.63) is 30.2 Å². The van der Waals surface area contributed by atoms with Gasteiger partial charge in [0.25, 0.3) is 0 Å². The zero-order chi connectivity index (χ0) is 14.9. The van der Waals surface area contributed by atoms with E-state index in [0.29, 0.717) is 11.7 Å². The summed E-state index contributed by atoms with van der Waals surface area (Å²) in [7, 11) is 0. The molecule has 0 radical (unpaired) electrons. The third kappa shape index (κ3) is 2.45. The van der Waals surface area contributed by atoms with Gasteiger partial charge in [0.1, 0.15) is 0 Å². The van der Waals surface area contributed by atoms with E-state index in [1.54, 1.807) is 12.4 Å². The molecule has 7 nitrogen and oxygen atoms in total. The molecule has 0 spiro atoms. The highest BCUT2D eigenvalue weighted by Gasteiger charge is 2.42. The molecule has 4 rings (SSSR count). The quantitative estimate of drug-likeness (QED) is 0.833. The highest BCUT2D eigenvalue weighted by atomic mass is 16.5. The van der Waals surface area contributed by atoms with Crippen molar-refractivity contribution in [3.63, 3.8) is 0 Å². The first-order valence-electron chi connectivity index (χ1n) is 7.75. The second kappa shape index (κ2) is 5.64. The van der Waals surface area contributed by atoms with Crippen LogP contribution < -0.4 is 4.90 Å². The van der Waals surface area contributed by atoms with E-state index in [-0.39, 0.29) is 12.0 Å². The van der Waals surface area contributed by atoms with Gasteiger partial charge in [0.2, 0.25) is 11.8 Å². The molecule has 4 heterocycles. The maximum absolute atomic E-state index is 5.97. The molecular formula is C15H19N5O2. The lowest BCUT2D eigenvalue weighted by atomic mass is 9.79. The third-order valence-electron chi connectivity index (χ3n) is 4.57. The lowest BCUT2D eigenvalue weighted by molar-refractivity contribution is -0.0523. The number of aryl methyl sites for hydroxylation is 1. The van der Waals surface area contributed by atoms with Crippen LogP contribution >= 0.6 is 0 Å². The number of anilines is 1. The Bertz CT molecular complexity index is 632. The van der Waals surface area contributed by atoms with Crippen LogP contribution in [0.5, 0.6) is 0 Å². The molecule has 2 aliphatic rings. The first-order chi connectivity index (χ1) is 10.8. The van der Waals surface area contributed by atoms with Crippen LogP contribution in [0.4, 0.5) is 5.95 Å². The Morgan fingerprint density at radius 1 is 1.23 bits per heavy atom. The Balaban J connectivity index is 1.58. The van der Waals surface area contributed by atoms with Crippen molar-refractivity contribution in [3.8, 4) is 0 Å². The molecule has 0 unspecified atom stereocenters. The van der Waals surface area contributed by atoms with Gasteiger partial charge in [-0.05, 0) is 25.8 Å². The molecule has 0 amide bonds. The maximum Gasteiger partial charge on any atom is 0.230 e. The molecule has 2 saturated heterocycles. The number of fused-ring (bicyclic) bond motifs is 1. The lowest BCUT2D eigenvalue weighted by Crippen LogP contribution is -2.49. The van der Waals surface area contributed by atoms with E-state index in [2.05, 4.69) is 25.0 Å². The number of hydrogen-bond acceptors (Lipinski definition) is 7. The molecule has 22 heavy (non-hydrogen) atoms. The summed E-state index contributed by atoms with van der Waals surface area (Å²) in [6.07, 6.45) is 5.72. The van der Waals surface area contributed by atoms with Gasteiger partial charge in [-0.15, -0.1) is 0 Å². The minimum Gasteiger partial charge on any atom is -0.378 e. The predicted molar refractivity (Wildman–Crippen MR) is 78.5 cm³/mol. The van der Waals surface area contributed by atoms with Gasteiger partial charge in [-0.2, -0.15) is 4.98 Å². The van der Waals surface area contributed by atoms with Crippen LogP contribution in [0.25, 0.3) is 0 Å². The fourth-order valence-corrected chi connectivity index (χ4v) is 3.52. The molecule has 0 aromatic carbocycles. The SMILES string of the molecule is Cc1noc([C@@H]2CCO[C@@H]3CCN(c4ncccn4)C[C@@H]32)n1. The van der Waals surface area contributed by atoms with E-state index in [1.165, 1.54) is 0 Å². The van der Waals surface area contributed by atoms with Crippen molar-refractivity contribution in [1.82, 2.24) is 20.1 Å². The van der Waals surface area contributed by atoms with Crippen molar-refractivity contribution in [2.75, 3.05) is 24.6 Å². The fraction of sp³-hybridized carbons (Fsp3) is 0.600. The minimum atomic E-state index is 0.255. The molecule has 7 heteroatoms. The van der Waals surface area contributed by atoms with Gasteiger partial charge in [-0.3, -0.25) is 0 Å². The van der Waals surface area contributed by atoms with E-state index >= 15 is 0 Å². The van der Waals surface area contributed by atoms with Crippen LogP contribution in [0.2, 0.25) is 0 Å². The summed E-state index contributed by atoms with van der Waals surface area (Å²) < 4.78 is 11.4. The van der Waals surface area contributed by atoms with Crippen molar-refractivity contribution in [2.45, 2.75) is 31.8 Å². The molecular weight excluding hydrogens is 282 g/mol. The van der Waals surface area contributed by atoms with Crippen molar-refractivity contribution < 1.29 is 9.26 Å². The average Bonchev–Trinajstić information content (AvgIpc) is 3.01. The highest BCUT2D eigenvalue weighted by molar-refractivity contribution is 5.30. The first kappa shape index (κ1) is 13.6. The Morgan fingerprint density at radius 3 is 2.86 bits per heavy atom. The third-order valence-corrected chi connectivity index (χ3v) is 4.57. The topological polar surface area (TPSA) is 77.2 Å². The van der Waals surface area contributed by atoms with E-state index in [1.807, 2.05) is 13.0 Å². The number of piperidine rings is 1. The van der Waals surface area contributed by atoms with Crippen molar-refractivity contribution >= 4 is 5.95 Å². The van der Waals surface area contributed by atoms with E-state index in [0.717, 1.165) is 44.4 Å². The normalized spacial score (nSPS) is 28.4. The summed E-state index contributed by atoms with van der Waals surface area (Å²) in [5.74, 6) is 2.81. The second-order valence-electron chi connectivity index (χ2n) is 5.93. The first-order valence-corrected chi connectivity index (χ1v) is 7.75. The number of aromatic nitrogens is 4. The smallest absolute Gasteiger partial charge is 0.230 e. The molecule has 0 saturated carbocycles. The molecule has 0 N–H and O–H groups in total. The molecule has 116 valence electrons. The largest absolute Gasteiger partial charge is 0.378 e. The Morgan fingerprint density at radius 2 is 2.09 bits per heavy atom. The van der Waals surface area contributed by atoms with Crippen LogP contribution in [0.3, 0.4) is 0 Å². The number of hydrogen-bond donors (Lipinski definition) is 0. The minimum absolute atomic E-state index is 0.255. The zero-order valence-corrected chi connectivity index (χ0v) is 12.6. The standard InChI is InChI=1S/C15H19N5O2/c1-10-18-14(22-19-10)11-4-8-21-13-3-7-20(9-12(11)13)15-16-5-2-6-17-15/h2,5-6,11-13H,3-4,7-9H2,1H3/t11-,12-,13-/m1/s1. The van der Waals surface area contributed by atoms with Crippen LogP contribution in [-0.2, 0) is 4.74 Å². The summed E-state index contributed by atoms with van der Waals surface area (Å²) >= 11 is 0. The van der Waals surface area contributed by atoms with Crippen LogP contribution in [0.15, 0.2) is 23.0 Å². The second-order valence-corrected chi connectivity index (χ2v) is 5.93. The molecule has 3 atom stereocenters. The number of ether oxygens (including phenoxy) is 1. The molecule has 2 fully saturated rings. The van der Waals surface area contributed by atoms with Gasteiger partial charge < -0.3 is 14.2 Å². The molecule has 2 aromatic heterocycles. The van der Waals surface area contributed by atoms with Crippen LogP contribution in [0.1, 0.15) is 30.5 Å². The average molecular weight is 301 g/mol. The summed E-state index contributed by atoms with van der Waals surface area (Å²) in [6.45, 7) is 4.39. The molecule has 0 bridgehead atoms. The number of rotatable bonds is 2. The van der Waals surface area contributed by atoms with Gasteiger partial charge in [0.05, 0.1) is 6.10 Å². The van der Waals surface area contributed by atoms with E-state index in [9.17, 15) is 0 Å². The molecule has 2 aliphatic heterocycles. The van der Waals surface area contributed by atoms with Crippen LogP contribution in [0, 0.1) is 12.8 Å². The van der Waals surface area contributed by atoms with Gasteiger partial charge in [-0.1, -0.05) is 5.16 Å².